The van der Waals surface area contributed by atoms with Crippen LogP contribution in [0.2, 0.25) is 0 Å². The molecule has 4 N–H and O–H groups in total. The van der Waals surface area contributed by atoms with Crippen LogP contribution in [0.5, 0.6) is 0 Å². The third-order valence-electron chi connectivity index (χ3n) is 5.57. The number of benzene rings is 2. The van der Waals surface area contributed by atoms with Crippen LogP contribution in [0.4, 0.5) is 0 Å². The van der Waals surface area contributed by atoms with Crippen molar-refractivity contribution in [1.29, 1.82) is 0 Å². The molecule has 2 aromatic carbocycles. The normalized spacial score (nSPS) is 16.4. The summed E-state index contributed by atoms with van der Waals surface area (Å²) in [6.45, 7) is -0.0382. The summed E-state index contributed by atoms with van der Waals surface area (Å²) in [6.07, 6.45) is 3.13. The van der Waals surface area contributed by atoms with E-state index < -0.39 is 23.5 Å². The van der Waals surface area contributed by atoms with Crippen LogP contribution in [0, 0.1) is 0 Å². The highest BCUT2D eigenvalue weighted by molar-refractivity contribution is 7.66. The number of phosphoric acid groups is 3. The molecule has 0 aromatic heterocycles. The molecule has 1 aliphatic carbocycles. The minimum atomic E-state index is -5.51. The maximum atomic E-state index is 12.3. The Kier molecular flexibility index (Phi) is 10.4. The largest absolute Gasteiger partial charge is 0.490 e. The van der Waals surface area contributed by atoms with Gasteiger partial charge in [-0.15, -0.1) is 0 Å². The van der Waals surface area contributed by atoms with Crippen molar-refractivity contribution in [2.75, 3.05) is 13.2 Å². The average Bonchev–Trinajstić information content (AvgIpc) is 3.10. The van der Waals surface area contributed by atoms with Crippen molar-refractivity contribution in [1.82, 2.24) is 0 Å². The van der Waals surface area contributed by atoms with Crippen LogP contribution in [0.3, 0.4) is 0 Å². The Balaban J connectivity index is 1.29. The molecule has 2 unspecified atom stereocenters. The Hall–Kier alpha value is -1.68. The smallest absolute Gasteiger partial charge is 0.465 e. The Labute approximate surface area is 214 Å². The fourth-order valence-electron chi connectivity index (χ4n) is 4.07. The Morgan fingerprint density at radius 2 is 1.27 bits per heavy atom. The van der Waals surface area contributed by atoms with Crippen LogP contribution < -0.4 is 0 Å². The zero-order valence-electron chi connectivity index (χ0n) is 19.7. The first-order valence-electron chi connectivity index (χ1n) is 11.5. The minimum Gasteiger partial charge on any atom is -0.465 e. The quantitative estimate of drug-likeness (QED) is 0.126. The lowest BCUT2D eigenvalue weighted by molar-refractivity contribution is -0.144. The number of ether oxygens (including phenoxy) is 1. The first kappa shape index (κ1) is 29.9. The molecule has 204 valence electrons. The van der Waals surface area contributed by atoms with E-state index in [2.05, 4.69) is 37.4 Å². The molecule has 0 spiro atoms. The SMILES string of the molecule is O=C(CCCCCCCOP(=O)(O)OP(=O)(O)OP(=O)(O)O)OCC1c2ccccc2-c2ccccc21. The van der Waals surface area contributed by atoms with Gasteiger partial charge in [-0.25, -0.2) is 13.7 Å². The van der Waals surface area contributed by atoms with Gasteiger partial charge in [-0.1, -0.05) is 67.8 Å². The van der Waals surface area contributed by atoms with E-state index in [1.807, 2.05) is 24.3 Å². The van der Waals surface area contributed by atoms with Crippen LogP contribution in [-0.2, 0) is 36.4 Å². The molecule has 0 heterocycles. The first-order valence-corrected chi connectivity index (χ1v) is 16.0. The topological polar surface area (TPSA) is 186 Å². The van der Waals surface area contributed by atoms with Crippen molar-refractivity contribution in [3.05, 3.63) is 59.7 Å². The number of hydrogen-bond acceptors (Lipinski definition) is 8. The van der Waals surface area contributed by atoms with Gasteiger partial charge in [-0.2, -0.15) is 8.62 Å². The zero-order chi connectivity index (χ0) is 27.1. The summed E-state index contributed by atoms with van der Waals surface area (Å²) < 4.78 is 50.8. The highest BCUT2D eigenvalue weighted by Gasteiger charge is 2.40. The molecule has 15 heteroatoms. The number of hydrogen-bond donors (Lipinski definition) is 4. The Morgan fingerprint density at radius 1 is 0.730 bits per heavy atom. The van der Waals surface area contributed by atoms with E-state index in [4.69, 9.17) is 19.4 Å². The molecule has 3 rings (SSSR count). The lowest BCUT2D eigenvalue weighted by Gasteiger charge is -2.16. The van der Waals surface area contributed by atoms with Crippen LogP contribution in [0.1, 0.15) is 55.6 Å². The third-order valence-corrected chi connectivity index (χ3v) is 9.41. The van der Waals surface area contributed by atoms with E-state index >= 15 is 0 Å². The van der Waals surface area contributed by atoms with Gasteiger partial charge in [0, 0.05) is 12.3 Å². The summed E-state index contributed by atoms with van der Waals surface area (Å²) in [6, 6.07) is 16.2. The summed E-state index contributed by atoms with van der Waals surface area (Å²) in [4.78, 5) is 47.7. The number of rotatable bonds is 15. The predicted molar refractivity (Wildman–Crippen MR) is 132 cm³/mol. The van der Waals surface area contributed by atoms with Gasteiger partial charge in [0.1, 0.15) is 6.61 Å². The molecule has 37 heavy (non-hydrogen) atoms. The second-order valence-corrected chi connectivity index (χ2v) is 12.8. The third kappa shape index (κ3) is 9.53. The molecule has 0 saturated carbocycles. The maximum absolute atomic E-state index is 12.3. The number of phosphoric ester groups is 1. The van der Waals surface area contributed by atoms with E-state index in [0.29, 0.717) is 32.1 Å². The van der Waals surface area contributed by atoms with Gasteiger partial charge in [-0.3, -0.25) is 9.32 Å². The highest BCUT2D eigenvalue weighted by atomic mass is 31.3. The molecule has 0 saturated heterocycles. The number of carbonyl (C=O) groups excluding carboxylic acids is 1. The van der Waals surface area contributed by atoms with Crippen molar-refractivity contribution in [3.8, 4) is 11.1 Å². The second kappa shape index (κ2) is 12.9. The predicted octanol–water partition coefficient (Wildman–Crippen LogP) is 5.03. The van der Waals surface area contributed by atoms with Gasteiger partial charge >= 0.3 is 29.4 Å². The molecule has 0 amide bonds. The summed E-state index contributed by atoms with van der Waals surface area (Å²) in [5, 5.41) is 0. The standard InChI is InChI=1S/C22H29O12P3/c23-22(31-16-21-19-12-7-5-10-17(19)18-11-6-8-13-20(18)21)14-4-2-1-3-9-15-32-36(27,28)34-37(29,30)33-35(24,25)26/h5-8,10-13,21H,1-4,9,14-16H2,(H,27,28)(H,29,30)(H2,24,25,26). The van der Waals surface area contributed by atoms with Gasteiger partial charge in [0.15, 0.2) is 0 Å². The van der Waals surface area contributed by atoms with E-state index in [-0.39, 0.29) is 31.5 Å². The molecule has 0 radical (unpaired) electrons. The molecule has 0 aliphatic heterocycles. The maximum Gasteiger partial charge on any atom is 0.490 e. The van der Waals surface area contributed by atoms with Crippen LogP contribution in [0.15, 0.2) is 48.5 Å². The fraction of sp³-hybridized carbons (Fsp3) is 0.409. The van der Waals surface area contributed by atoms with Crippen LogP contribution >= 0.6 is 23.5 Å². The van der Waals surface area contributed by atoms with Crippen molar-refractivity contribution in [2.45, 2.75) is 44.4 Å². The number of esters is 1. The molecule has 0 fully saturated rings. The Morgan fingerprint density at radius 3 is 1.86 bits per heavy atom. The lowest BCUT2D eigenvalue weighted by atomic mass is 9.98. The molecular weight excluding hydrogens is 549 g/mol. The van der Waals surface area contributed by atoms with Crippen LogP contribution in [0.25, 0.3) is 11.1 Å². The zero-order valence-corrected chi connectivity index (χ0v) is 22.4. The van der Waals surface area contributed by atoms with Gasteiger partial charge in [-0.05, 0) is 35.1 Å². The molecule has 2 atom stereocenters. The number of fused-ring (bicyclic) bond motifs is 3. The van der Waals surface area contributed by atoms with E-state index in [0.717, 1.165) is 22.3 Å². The van der Waals surface area contributed by atoms with Gasteiger partial charge in [0.05, 0.1) is 6.61 Å². The lowest BCUT2D eigenvalue weighted by Crippen LogP contribution is -2.12. The molecule has 0 bridgehead atoms. The summed E-state index contributed by atoms with van der Waals surface area (Å²) in [7, 11) is -16.0. The Bertz CT molecular complexity index is 1180. The second-order valence-electron chi connectivity index (χ2n) is 8.35. The molecular formula is C22H29O12P3. The summed E-state index contributed by atoms with van der Waals surface area (Å²) in [5.41, 5.74) is 4.61. The summed E-state index contributed by atoms with van der Waals surface area (Å²) >= 11 is 0. The summed E-state index contributed by atoms with van der Waals surface area (Å²) in [5.74, 6) is -0.277. The first-order chi connectivity index (χ1) is 17.4. The van der Waals surface area contributed by atoms with Gasteiger partial charge in [0.2, 0.25) is 0 Å². The highest BCUT2D eigenvalue weighted by Crippen LogP contribution is 2.66. The van der Waals surface area contributed by atoms with E-state index in [9.17, 15) is 23.4 Å². The van der Waals surface area contributed by atoms with Gasteiger partial charge < -0.3 is 24.3 Å². The average molecular weight is 578 g/mol. The number of unbranched alkanes of at least 4 members (excludes halogenated alkanes) is 4. The molecule has 2 aromatic rings. The fourth-order valence-corrected chi connectivity index (χ4v) is 7.13. The molecule has 12 nitrogen and oxygen atoms in total. The van der Waals surface area contributed by atoms with Crippen molar-refractivity contribution < 1.29 is 55.9 Å². The van der Waals surface area contributed by atoms with Crippen molar-refractivity contribution in [2.24, 2.45) is 0 Å². The van der Waals surface area contributed by atoms with Crippen LogP contribution in [-0.4, -0.2) is 38.8 Å². The minimum absolute atomic E-state index is 0.00548. The monoisotopic (exact) mass is 578 g/mol. The molecule has 1 aliphatic rings. The van der Waals surface area contributed by atoms with Crippen molar-refractivity contribution in [3.63, 3.8) is 0 Å². The number of carbonyl (C=O) groups is 1. The van der Waals surface area contributed by atoms with E-state index in [1.165, 1.54) is 0 Å². The van der Waals surface area contributed by atoms with Gasteiger partial charge in [0.25, 0.3) is 0 Å². The van der Waals surface area contributed by atoms with Crippen molar-refractivity contribution >= 4 is 29.4 Å². The van der Waals surface area contributed by atoms with E-state index in [1.54, 1.807) is 0 Å².